The van der Waals surface area contributed by atoms with Crippen LogP contribution in [-0.4, -0.2) is 41.0 Å². The molecule has 0 spiro atoms. The second kappa shape index (κ2) is 8.87. The fourth-order valence-electron chi connectivity index (χ4n) is 4.48. The maximum atomic E-state index is 13.2. The number of benzene rings is 2. The highest BCUT2D eigenvalue weighted by atomic mass is 16.4. The minimum Gasteiger partial charge on any atom is -0.437 e. The summed E-state index contributed by atoms with van der Waals surface area (Å²) in [6.45, 7) is 8.05. The number of carbonyl (C=O) groups is 2. The first-order valence-electron chi connectivity index (χ1n) is 11.1. The van der Waals surface area contributed by atoms with Gasteiger partial charge >= 0.3 is 5.91 Å². The number of hydrogen-bond acceptors (Lipinski definition) is 4. The predicted molar refractivity (Wildman–Crippen MR) is 128 cm³/mol. The van der Waals surface area contributed by atoms with Crippen molar-refractivity contribution < 1.29 is 14.0 Å². The fraction of sp³-hybridized carbons (Fsp3) is 0.231. The number of likely N-dealkylation sites (N-methyl/N-ethyl adjacent to an activating group) is 1. The highest BCUT2D eigenvalue weighted by Gasteiger charge is 2.32. The van der Waals surface area contributed by atoms with E-state index in [0.717, 1.165) is 27.7 Å². The Kier molecular flexibility index (Phi) is 5.60. The van der Waals surface area contributed by atoms with Crippen LogP contribution < -0.4 is 10.2 Å². The third kappa shape index (κ3) is 3.92. The molecule has 2 aromatic heterocycles. The molecule has 0 bridgehead atoms. The van der Waals surface area contributed by atoms with Crippen LogP contribution in [0.5, 0.6) is 0 Å². The largest absolute Gasteiger partial charge is 0.437 e. The van der Waals surface area contributed by atoms with E-state index in [4.69, 9.17) is 11.0 Å². The summed E-state index contributed by atoms with van der Waals surface area (Å²) in [6.07, 6.45) is 4.39. The Bertz CT molecular complexity index is 1410. The van der Waals surface area contributed by atoms with Crippen molar-refractivity contribution in [1.29, 1.82) is 0 Å². The number of anilines is 1. The molecule has 34 heavy (non-hydrogen) atoms. The van der Waals surface area contributed by atoms with Crippen LogP contribution >= 0.6 is 0 Å². The molecule has 5 rings (SSSR count). The Hall–Kier alpha value is -4.38. The molecule has 0 aliphatic carbocycles. The number of rotatable bonds is 6. The molecule has 2 aromatic carbocycles. The quantitative estimate of drug-likeness (QED) is 0.453. The number of aromatic nitrogens is 2. The third-order valence-electron chi connectivity index (χ3n) is 6.10. The Morgan fingerprint density at radius 1 is 1.24 bits per heavy atom. The zero-order valence-corrected chi connectivity index (χ0v) is 18.7. The number of carbonyl (C=O) groups excluding carboxylic acids is 2. The van der Waals surface area contributed by atoms with Crippen LogP contribution in [0.15, 0.2) is 65.3 Å². The van der Waals surface area contributed by atoms with Gasteiger partial charge in [-0.1, -0.05) is 36.4 Å². The van der Waals surface area contributed by atoms with Gasteiger partial charge in [0.2, 0.25) is 12.5 Å². The smallest absolute Gasteiger partial charge is 0.307 e. The minimum absolute atomic E-state index is 0.0667. The SMILES string of the molecule is [C-]#[N+]CCn1cc2c3c(cccc31)N(C)C(=O)[C@@H](NC(=O)c1ncc(Cc3ccccc3)o1)C2. The lowest BCUT2D eigenvalue weighted by Crippen LogP contribution is -2.48. The van der Waals surface area contributed by atoms with Crippen LogP contribution in [0.25, 0.3) is 15.7 Å². The first-order valence-corrected chi connectivity index (χ1v) is 11.1. The number of hydrogen-bond donors (Lipinski definition) is 1. The maximum absolute atomic E-state index is 13.2. The van der Waals surface area contributed by atoms with Crippen LogP contribution in [0.3, 0.4) is 0 Å². The summed E-state index contributed by atoms with van der Waals surface area (Å²) < 4.78 is 7.71. The van der Waals surface area contributed by atoms with Gasteiger partial charge in [0.15, 0.2) is 0 Å². The Labute approximate surface area is 196 Å². The fourth-order valence-corrected chi connectivity index (χ4v) is 4.48. The van der Waals surface area contributed by atoms with Gasteiger partial charge in [0.25, 0.3) is 5.89 Å². The molecule has 0 radical (unpaired) electrons. The van der Waals surface area contributed by atoms with Crippen molar-refractivity contribution in [1.82, 2.24) is 14.9 Å². The summed E-state index contributed by atoms with van der Waals surface area (Å²) in [5.41, 5.74) is 3.77. The Morgan fingerprint density at radius 3 is 2.85 bits per heavy atom. The first kappa shape index (κ1) is 21.5. The lowest BCUT2D eigenvalue weighted by molar-refractivity contribution is -0.120. The molecular weight excluding hydrogens is 430 g/mol. The molecule has 4 aromatic rings. The van der Waals surface area contributed by atoms with E-state index in [-0.39, 0.29) is 11.8 Å². The molecule has 3 heterocycles. The van der Waals surface area contributed by atoms with Crippen molar-refractivity contribution in [3.05, 3.63) is 95.1 Å². The molecule has 0 saturated heterocycles. The van der Waals surface area contributed by atoms with Gasteiger partial charge < -0.3 is 24.0 Å². The van der Waals surface area contributed by atoms with Crippen LogP contribution in [-0.2, 0) is 24.2 Å². The third-order valence-corrected chi connectivity index (χ3v) is 6.10. The molecule has 170 valence electrons. The number of amides is 2. The average Bonchev–Trinajstić information content (AvgIpc) is 3.44. The summed E-state index contributed by atoms with van der Waals surface area (Å²) in [7, 11) is 1.71. The molecule has 1 atom stereocenters. The van der Waals surface area contributed by atoms with Crippen molar-refractivity contribution >= 4 is 28.4 Å². The molecule has 1 aliphatic rings. The van der Waals surface area contributed by atoms with E-state index in [9.17, 15) is 9.59 Å². The molecular formula is C26H23N5O3. The number of oxazole rings is 1. The lowest BCUT2D eigenvalue weighted by atomic mass is 10.1. The van der Waals surface area contributed by atoms with Crippen molar-refractivity contribution in [2.75, 3.05) is 18.5 Å². The van der Waals surface area contributed by atoms with Crippen LogP contribution in [0.4, 0.5) is 5.69 Å². The summed E-state index contributed by atoms with van der Waals surface area (Å²) in [5.74, 6) is -0.226. The summed E-state index contributed by atoms with van der Waals surface area (Å²) in [4.78, 5) is 35.3. The van der Waals surface area contributed by atoms with E-state index in [1.54, 1.807) is 18.1 Å². The van der Waals surface area contributed by atoms with Gasteiger partial charge in [0.05, 0.1) is 23.9 Å². The molecule has 0 unspecified atom stereocenters. The van der Waals surface area contributed by atoms with Gasteiger partial charge in [-0.2, -0.15) is 0 Å². The first-order chi connectivity index (χ1) is 16.5. The van der Waals surface area contributed by atoms with Gasteiger partial charge in [-0.15, -0.1) is 0 Å². The molecule has 0 saturated carbocycles. The molecule has 2 amide bonds. The Morgan fingerprint density at radius 2 is 2.06 bits per heavy atom. The van der Waals surface area contributed by atoms with E-state index in [1.165, 1.54) is 0 Å². The highest BCUT2D eigenvalue weighted by molar-refractivity contribution is 6.09. The molecule has 1 N–H and O–H groups in total. The van der Waals surface area contributed by atoms with Crippen molar-refractivity contribution in [2.24, 2.45) is 0 Å². The van der Waals surface area contributed by atoms with Gasteiger partial charge in [-0.25, -0.2) is 11.6 Å². The van der Waals surface area contributed by atoms with Gasteiger partial charge in [-0.05, 0) is 23.3 Å². The lowest BCUT2D eigenvalue weighted by Gasteiger charge is -2.22. The topological polar surface area (TPSA) is 84.7 Å². The molecule has 8 nitrogen and oxygen atoms in total. The monoisotopic (exact) mass is 453 g/mol. The molecule has 8 heteroatoms. The minimum atomic E-state index is -0.769. The second-order valence-corrected chi connectivity index (χ2v) is 8.32. The van der Waals surface area contributed by atoms with Crippen molar-refractivity contribution in [3.8, 4) is 0 Å². The van der Waals surface area contributed by atoms with E-state index in [1.807, 2.05) is 59.3 Å². The van der Waals surface area contributed by atoms with Gasteiger partial charge in [-0.3, -0.25) is 9.59 Å². The molecule has 0 fully saturated rings. The summed E-state index contributed by atoms with van der Waals surface area (Å²) in [5, 5.41) is 3.79. The summed E-state index contributed by atoms with van der Waals surface area (Å²) in [6, 6.07) is 14.8. The van der Waals surface area contributed by atoms with Gasteiger partial charge in [0.1, 0.15) is 11.8 Å². The standard InChI is InChI=1S/C26H23N5O3/c1-27-11-12-31-16-18-14-20(26(33)30(2)21-9-6-10-22(31)23(18)21)29-24(32)25-28-15-19(34-25)13-17-7-4-3-5-8-17/h3-10,15-16,20H,11-14H2,2H3,(H,29,32)/t20-/m0/s1. The average molecular weight is 454 g/mol. The number of nitrogens with one attached hydrogen (secondary N) is 1. The molecule has 1 aliphatic heterocycles. The van der Waals surface area contributed by atoms with E-state index >= 15 is 0 Å². The van der Waals surface area contributed by atoms with E-state index in [2.05, 4.69) is 15.1 Å². The predicted octanol–water partition coefficient (Wildman–Crippen LogP) is 3.46. The highest BCUT2D eigenvalue weighted by Crippen LogP contribution is 2.34. The maximum Gasteiger partial charge on any atom is 0.307 e. The van der Waals surface area contributed by atoms with Gasteiger partial charge in [0, 0.05) is 31.5 Å². The van der Waals surface area contributed by atoms with E-state index in [0.29, 0.717) is 31.7 Å². The Balaban J connectivity index is 1.38. The second-order valence-electron chi connectivity index (χ2n) is 8.32. The van der Waals surface area contributed by atoms with Crippen molar-refractivity contribution in [2.45, 2.75) is 25.4 Å². The van der Waals surface area contributed by atoms with Crippen LogP contribution in [0.2, 0.25) is 0 Å². The zero-order valence-electron chi connectivity index (χ0n) is 18.7. The van der Waals surface area contributed by atoms with Crippen molar-refractivity contribution in [3.63, 3.8) is 0 Å². The van der Waals surface area contributed by atoms with E-state index < -0.39 is 11.9 Å². The van der Waals surface area contributed by atoms with Crippen LogP contribution in [0.1, 0.15) is 27.6 Å². The normalized spacial score (nSPS) is 15.2. The summed E-state index contributed by atoms with van der Waals surface area (Å²) >= 11 is 0. The number of nitrogens with zero attached hydrogens (tertiary/aromatic N) is 4. The van der Waals surface area contributed by atoms with Crippen LogP contribution in [0, 0.1) is 6.57 Å². The zero-order chi connectivity index (χ0) is 23.7.